The lowest BCUT2D eigenvalue weighted by Gasteiger charge is -2.17. The molecule has 2 nitrogen and oxygen atoms in total. The first-order chi connectivity index (χ1) is 9.20. The van der Waals surface area contributed by atoms with Gasteiger partial charge in [0.15, 0.2) is 0 Å². The number of likely N-dealkylation sites (N-methyl/N-ethyl adjacent to an activating group) is 1. The van der Waals surface area contributed by atoms with Crippen molar-refractivity contribution in [3.05, 3.63) is 64.7 Å². The number of aromatic nitrogens is 1. The van der Waals surface area contributed by atoms with Crippen molar-refractivity contribution in [2.45, 2.75) is 19.4 Å². The highest BCUT2D eigenvalue weighted by atomic mass is 35.5. The summed E-state index contributed by atoms with van der Waals surface area (Å²) >= 11 is 5.84. The zero-order chi connectivity index (χ0) is 13.7. The van der Waals surface area contributed by atoms with Crippen molar-refractivity contribution < 1.29 is 4.39 Å². The van der Waals surface area contributed by atoms with E-state index in [-0.39, 0.29) is 11.9 Å². The maximum absolute atomic E-state index is 13.7. The van der Waals surface area contributed by atoms with E-state index in [2.05, 4.69) is 10.3 Å². The van der Waals surface area contributed by atoms with E-state index in [4.69, 9.17) is 11.6 Å². The molecule has 0 spiro atoms. The summed E-state index contributed by atoms with van der Waals surface area (Å²) in [5, 5.41) is 3.92. The summed E-state index contributed by atoms with van der Waals surface area (Å²) in [5.41, 5.74) is 1.56. The van der Waals surface area contributed by atoms with Gasteiger partial charge in [-0.1, -0.05) is 36.7 Å². The van der Waals surface area contributed by atoms with Crippen LogP contribution in [0.4, 0.5) is 4.39 Å². The average Bonchev–Trinajstić information content (AvgIpc) is 2.42. The SMILES string of the molecule is CCNC(Cc1ccccc1F)c1ccc(Cl)cn1. The number of nitrogens with one attached hydrogen (secondary N) is 1. The van der Waals surface area contributed by atoms with Gasteiger partial charge < -0.3 is 5.32 Å². The van der Waals surface area contributed by atoms with Gasteiger partial charge in [0.05, 0.1) is 16.8 Å². The topological polar surface area (TPSA) is 24.9 Å². The van der Waals surface area contributed by atoms with Crippen LogP contribution < -0.4 is 5.32 Å². The van der Waals surface area contributed by atoms with E-state index >= 15 is 0 Å². The van der Waals surface area contributed by atoms with Crippen LogP contribution in [0.15, 0.2) is 42.6 Å². The predicted molar refractivity (Wildman–Crippen MR) is 75.8 cm³/mol. The second kappa shape index (κ2) is 6.64. The minimum atomic E-state index is -0.181. The summed E-state index contributed by atoms with van der Waals surface area (Å²) in [5.74, 6) is -0.181. The third-order valence-corrected chi connectivity index (χ3v) is 3.16. The molecule has 0 aliphatic heterocycles. The van der Waals surface area contributed by atoms with Crippen LogP contribution in [0.25, 0.3) is 0 Å². The molecule has 2 aromatic rings. The summed E-state index contributed by atoms with van der Waals surface area (Å²) in [6.45, 7) is 2.81. The van der Waals surface area contributed by atoms with E-state index in [9.17, 15) is 4.39 Å². The first-order valence-electron chi connectivity index (χ1n) is 6.29. The lowest BCUT2D eigenvalue weighted by molar-refractivity contribution is 0.518. The second-order valence-electron chi connectivity index (χ2n) is 4.31. The van der Waals surface area contributed by atoms with Crippen molar-refractivity contribution in [3.8, 4) is 0 Å². The van der Waals surface area contributed by atoms with Gasteiger partial charge in [0.1, 0.15) is 5.82 Å². The maximum Gasteiger partial charge on any atom is 0.126 e. The molecule has 4 heteroatoms. The van der Waals surface area contributed by atoms with Crippen molar-refractivity contribution in [3.63, 3.8) is 0 Å². The van der Waals surface area contributed by atoms with Gasteiger partial charge in [0, 0.05) is 6.20 Å². The highest BCUT2D eigenvalue weighted by Gasteiger charge is 2.14. The van der Waals surface area contributed by atoms with Crippen molar-refractivity contribution in [1.82, 2.24) is 10.3 Å². The number of rotatable bonds is 5. The number of hydrogen-bond donors (Lipinski definition) is 1. The predicted octanol–water partition coefficient (Wildman–Crippen LogP) is 3.77. The van der Waals surface area contributed by atoms with E-state index in [1.54, 1.807) is 24.4 Å². The van der Waals surface area contributed by atoms with Crippen LogP contribution in [0.3, 0.4) is 0 Å². The molecule has 1 aromatic carbocycles. The Hall–Kier alpha value is -1.45. The Kier molecular flexibility index (Phi) is 4.88. The van der Waals surface area contributed by atoms with Crippen LogP contribution >= 0.6 is 11.6 Å². The van der Waals surface area contributed by atoms with Gasteiger partial charge >= 0.3 is 0 Å². The maximum atomic E-state index is 13.7. The first kappa shape index (κ1) is 14.0. The molecule has 1 aromatic heterocycles. The summed E-state index contributed by atoms with van der Waals surface area (Å²) < 4.78 is 13.7. The fourth-order valence-corrected chi connectivity index (χ4v) is 2.12. The van der Waals surface area contributed by atoms with E-state index in [1.807, 2.05) is 19.1 Å². The summed E-state index contributed by atoms with van der Waals surface area (Å²) in [7, 11) is 0. The Labute approximate surface area is 117 Å². The Balaban J connectivity index is 2.21. The van der Waals surface area contributed by atoms with E-state index in [0.717, 1.165) is 12.2 Å². The Morgan fingerprint density at radius 3 is 2.68 bits per heavy atom. The van der Waals surface area contributed by atoms with Gasteiger partial charge in [-0.2, -0.15) is 0 Å². The Morgan fingerprint density at radius 1 is 1.26 bits per heavy atom. The second-order valence-corrected chi connectivity index (χ2v) is 4.74. The zero-order valence-electron chi connectivity index (χ0n) is 10.7. The van der Waals surface area contributed by atoms with Crippen LogP contribution in [-0.2, 0) is 6.42 Å². The summed E-state index contributed by atoms with van der Waals surface area (Å²) in [6, 6.07) is 10.5. The molecule has 0 amide bonds. The number of benzene rings is 1. The van der Waals surface area contributed by atoms with Crippen LogP contribution in [-0.4, -0.2) is 11.5 Å². The monoisotopic (exact) mass is 278 g/mol. The molecular formula is C15H16ClFN2. The van der Waals surface area contributed by atoms with Gasteiger partial charge in [0.25, 0.3) is 0 Å². The molecule has 1 unspecified atom stereocenters. The quantitative estimate of drug-likeness (QED) is 0.901. The van der Waals surface area contributed by atoms with Crippen molar-refractivity contribution in [2.75, 3.05) is 6.54 Å². The molecule has 1 N–H and O–H groups in total. The van der Waals surface area contributed by atoms with Crippen LogP contribution in [0.5, 0.6) is 0 Å². The van der Waals surface area contributed by atoms with Crippen molar-refractivity contribution >= 4 is 11.6 Å². The molecule has 1 heterocycles. The molecule has 0 saturated carbocycles. The number of halogens is 2. The smallest absolute Gasteiger partial charge is 0.126 e. The lowest BCUT2D eigenvalue weighted by atomic mass is 10.0. The van der Waals surface area contributed by atoms with Crippen LogP contribution in [0.1, 0.15) is 24.2 Å². The van der Waals surface area contributed by atoms with Crippen molar-refractivity contribution in [2.24, 2.45) is 0 Å². The van der Waals surface area contributed by atoms with Crippen LogP contribution in [0, 0.1) is 5.82 Å². The van der Waals surface area contributed by atoms with Gasteiger partial charge in [-0.25, -0.2) is 4.39 Å². The van der Waals surface area contributed by atoms with Crippen LogP contribution in [0.2, 0.25) is 5.02 Å². The number of nitrogens with zero attached hydrogens (tertiary/aromatic N) is 1. The molecule has 0 aliphatic carbocycles. The minimum Gasteiger partial charge on any atom is -0.309 e. The molecular weight excluding hydrogens is 263 g/mol. The zero-order valence-corrected chi connectivity index (χ0v) is 11.5. The van der Waals surface area contributed by atoms with Gasteiger partial charge in [-0.05, 0) is 36.7 Å². The van der Waals surface area contributed by atoms with E-state index in [1.165, 1.54) is 6.07 Å². The van der Waals surface area contributed by atoms with Gasteiger partial charge in [-0.15, -0.1) is 0 Å². The fraction of sp³-hybridized carbons (Fsp3) is 0.267. The summed E-state index contributed by atoms with van der Waals surface area (Å²) in [4.78, 5) is 4.31. The Morgan fingerprint density at radius 2 is 2.05 bits per heavy atom. The van der Waals surface area contributed by atoms with E-state index < -0.39 is 0 Å². The Bertz CT molecular complexity index is 528. The molecule has 0 bridgehead atoms. The normalized spacial score (nSPS) is 12.4. The lowest BCUT2D eigenvalue weighted by Crippen LogP contribution is -2.24. The molecule has 2 rings (SSSR count). The van der Waals surface area contributed by atoms with Crippen molar-refractivity contribution in [1.29, 1.82) is 0 Å². The number of pyridine rings is 1. The molecule has 1 atom stereocenters. The number of hydrogen-bond acceptors (Lipinski definition) is 2. The molecule has 0 radical (unpaired) electrons. The highest BCUT2D eigenvalue weighted by molar-refractivity contribution is 6.30. The minimum absolute atomic E-state index is 0.0147. The standard InChI is InChI=1S/C15H16ClFN2/c1-2-18-15(14-8-7-12(16)10-19-14)9-11-5-3-4-6-13(11)17/h3-8,10,15,18H,2,9H2,1H3. The van der Waals surface area contributed by atoms with E-state index in [0.29, 0.717) is 17.0 Å². The molecule has 0 aliphatic rings. The third kappa shape index (κ3) is 3.75. The summed E-state index contributed by atoms with van der Waals surface area (Å²) in [6.07, 6.45) is 2.18. The first-order valence-corrected chi connectivity index (χ1v) is 6.66. The molecule has 100 valence electrons. The molecule has 19 heavy (non-hydrogen) atoms. The molecule has 0 saturated heterocycles. The van der Waals surface area contributed by atoms with Gasteiger partial charge in [-0.3, -0.25) is 4.98 Å². The third-order valence-electron chi connectivity index (χ3n) is 2.94. The molecule has 0 fully saturated rings. The fourth-order valence-electron chi connectivity index (χ4n) is 2.00. The highest BCUT2D eigenvalue weighted by Crippen LogP contribution is 2.19. The van der Waals surface area contributed by atoms with Gasteiger partial charge in [0.2, 0.25) is 0 Å². The largest absolute Gasteiger partial charge is 0.309 e. The average molecular weight is 279 g/mol.